The van der Waals surface area contributed by atoms with Crippen LogP contribution in [0, 0.1) is 6.92 Å². The molecule has 0 aliphatic heterocycles. The molecular weight excluding hydrogens is 264 g/mol. The molecule has 0 bridgehead atoms. The second-order valence-electron chi connectivity index (χ2n) is 5.63. The van der Waals surface area contributed by atoms with Crippen molar-refractivity contribution >= 4 is 5.69 Å². The summed E-state index contributed by atoms with van der Waals surface area (Å²) in [7, 11) is 3.49. The predicted octanol–water partition coefficient (Wildman–Crippen LogP) is 2.37. The van der Waals surface area contributed by atoms with Crippen LogP contribution in [0.1, 0.15) is 24.5 Å². The summed E-state index contributed by atoms with van der Waals surface area (Å²) < 4.78 is 10.4. The molecule has 1 aromatic rings. The minimum absolute atomic E-state index is 0.196. The lowest BCUT2D eigenvalue weighted by Gasteiger charge is -2.26. The van der Waals surface area contributed by atoms with E-state index in [1.807, 2.05) is 6.92 Å². The van der Waals surface area contributed by atoms with Gasteiger partial charge in [0.1, 0.15) is 0 Å². The summed E-state index contributed by atoms with van der Waals surface area (Å²) in [4.78, 5) is 2.37. The number of methoxy groups -OCH3 is 2. The van der Waals surface area contributed by atoms with Crippen LogP contribution in [0.3, 0.4) is 0 Å². The molecule has 120 valence electrons. The van der Waals surface area contributed by atoms with Gasteiger partial charge < -0.3 is 20.1 Å². The molecule has 0 heterocycles. The van der Waals surface area contributed by atoms with E-state index in [-0.39, 0.29) is 6.04 Å². The Morgan fingerprint density at radius 3 is 2.43 bits per heavy atom. The smallest absolute Gasteiger partial charge is 0.0637 e. The van der Waals surface area contributed by atoms with Gasteiger partial charge in [0, 0.05) is 45.6 Å². The van der Waals surface area contributed by atoms with Crippen molar-refractivity contribution in [3.05, 3.63) is 29.3 Å². The van der Waals surface area contributed by atoms with Gasteiger partial charge in [-0.15, -0.1) is 0 Å². The average molecular weight is 294 g/mol. The zero-order chi connectivity index (χ0) is 15.7. The van der Waals surface area contributed by atoms with Crippen molar-refractivity contribution in [2.45, 2.75) is 32.7 Å². The highest BCUT2D eigenvalue weighted by molar-refractivity contribution is 5.54. The lowest BCUT2D eigenvalue weighted by Crippen LogP contribution is -2.29. The lowest BCUT2D eigenvalue weighted by molar-refractivity contribution is 0.191. The van der Waals surface area contributed by atoms with E-state index in [1.165, 1.54) is 16.8 Å². The van der Waals surface area contributed by atoms with Gasteiger partial charge in [0.25, 0.3) is 0 Å². The number of benzene rings is 1. The maximum atomic E-state index is 5.88. The van der Waals surface area contributed by atoms with Crippen LogP contribution in [-0.2, 0) is 15.9 Å². The molecule has 2 N–H and O–H groups in total. The lowest BCUT2D eigenvalue weighted by atomic mass is 10.0. The van der Waals surface area contributed by atoms with Gasteiger partial charge in [-0.05, 0) is 43.9 Å². The number of aryl methyl sites for hydroxylation is 1. The van der Waals surface area contributed by atoms with Crippen LogP contribution < -0.4 is 10.6 Å². The monoisotopic (exact) mass is 294 g/mol. The van der Waals surface area contributed by atoms with Crippen LogP contribution in [0.25, 0.3) is 0 Å². The van der Waals surface area contributed by atoms with Gasteiger partial charge in [0.05, 0.1) is 6.61 Å². The molecule has 0 fully saturated rings. The van der Waals surface area contributed by atoms with Gasteiger partial charge in [0.15, 0.2) is 0 Å². The fourth-order valence-corrected chi connectivity index (χ4v) is 2.53. The molecule has 0 aliphatic rings. The number of hydrogen-bond donors (Lipinski definition) is 1. The van der Waals surface area contributed by atoms with E-state index in [2.05, 4.69) is 30.0 Å². The van der Waals surface area contributed by atoms with Gasteiger partial charge in [-0.3, -0.25) is 0 Å². The van der Waals surface area contributed by atoms with E-state index in [0.29, 0.717) is 0 Å². The maximum Gasteiger partial charge on any atom is 0.0637 e. The quantitative estimate of drug-likeness (QED) is 0.673. The molecule has 1 unspecified atom stereocenters. The van der Waals surface area contributed by atoms with E-state index < -0.39 is 0 Å². The molecule has 1 rings (SSSR count). The Balaban J connectivity index is 2.79. The van der Waals surface area contributed by atoms with Gasteiger partial charge in [-0.1, -0.05) is 12.1 Å². The third-order valence-electron chi connectivity index (χ3n) is 3.50. The molecule has 21 heavy (non-hydrogen) atoms. The van der Waals surface area contributed by atoms with Crippen LogP contribution in [0.15, 0.2) is 18.2 Å². The highest BCUT2D eigenvalue weighted by Crippen LogP contribution is 2.22. The van der Waals surface area contributed by atoms with Crippen LogP contribution >= 0.6 is 0 Å². The zero-order valence-electron chi connectivity index (χ0n) is 13.9. The van der Waals surface area contributed by atoms with Crippen molar-refractivity contribution in [3.8, 4) is 0 Å². The van der Waals surface area contributed by atoms with Crippen LogP contribution in [0.4, 0.5) is 5.69 Å². The number of nitrogens with zero attached hydrogens (tertiary/aromatic N) is 1. The van der Waals surface area contributed by atoms with E-state index in [0.717, 1.165) is 39.1 Å². The summed E-state index contributed by atoms with van der Waals surface area (Å²) in [6, 6.07) is 6.83. The summed E-state index contributed by atoms with van der Waals surface area (Å²) in [6.45, 7) is 7.59. The minimum atomic E-state index is 0.196. The summed E-state index contributed by atoms with van der Waals surface area (Å²) in [6.07, 6.45) is 1.93. The molecular formula is C17H30N2O2. The Kier molecular flexibility index (Phi) is 8.35. The first-order valence-corrected chi connectivity index (χ1v) is 7.66. The van der Waals surface area contributed by atoms with Crippen molar-refractivity contribution < 1.29 is 9.47 Å². The third kappa shape index (κ3) is 6.46. The van der Waals surface area contributed by atoms with Crippen molar-refractivity contribution in [1.82, 2.24) is 0 Å². The summed E-state index contributed by atoms with van der Waals surface area (Å²) in [5.41, 5.74) is 9.75. The Hall–Kier alpha value is -1.10. The summed E-state index contributed by atoms with van der Waals surface area (Å²) >= 11 is 0. The molecule has 1 aromatic carbocycles. The minimum Gasteiger partial charge on any atom is -0.385 e. The van der Waals surface area contributed by atoms with E-state index in [9.17, 15) is 0 Å². The van der Waals surface area contributed by atoms with E-state index in [4.69, 9.17) is 15.2 Å². The molecule has 0 spiro atoms. The number of anilines is 1. The molecule has 0 aliphatic carbocycles. The number of hydrogen-bond acceptors (Lipinski definition) is 4. The van der Waals surface area contributed by atoms with E-state index in [1.54, 1.807) is 14.2 Å². The van der Waals surface area contributed by atoms with Gasteiger partial charge >= 0.3 is 0 Å². The molecule has 1 atom stereocenters. The van der Waals surface area contributed by atoms with Gasteiger partial charge in [-0.25, -0.2) is 0 Å². The average Bonchev–Trinajstić information content (AvgIpc) is 2.43. The Labute approximate surface area is 129 Å². The molecule has 0 aromatic heterocycles. The van der Waals surface area contributed by atoms with Crippen molar-refractivity contribution in [1.29, 1.82) is 0 Å². The first kappa shape index (κ1) is 18.0. The Morgan fingerprint density at radius 1 is 1.14 bits per heavy atom. The fourth-order valence-electron chi connectivity index (χ4n) is 2.53. The van der Waals surface area contributed by atoms with Gasteiger partial charge in [-0.2, -0.15) is 0 Å². The zero-order valence-corrected chi connectivity index (χ0v) is 13.9. The molecule has 0 saturated carbocycles. The predicted molar refractivity (Wildman–Crippen MR) is 89.1 cm³/mol. The molecule has 0 amide bonds. The first-order valence-electron chi connectivity index (χ1n) is 7.66. The number of rotatable bonds is 10. The summed E-state index contributed by atoms with van der Waals surface area (Å²) in [5, 5.41) is 0. The molecule has 0 saturated heterocycles. The van der Waals surface area contributed by atoms with Crippen LogP contribution in [0.2, 0.25) is 0 Å². The largest absolute Gasteiger partial charge is 0.385 e. The Bertz CT molecular complexity index is 408. The maximum absolute atomic E-state index is 5.88. The topological polar surface area (TPSA) is 47.7 Å². The number of nitrogens with two attached hydrogens (primary N) is 1. The van der Waals surface area contributed by atoms with Crippen molar-refractivity contribution in [2.24, 2.45) is 5.73 Å². The molecule has 0 radical (unpaired) electrons. The van der Waals surface area contributed by atoms with E-state index >= 15 is 0 Å². The third-order valence-corrected chi connectivity index (χ3v) is 3.50. The van der Waals surface area contributed by atoms with Crippen LogP contribution in [0.5, 0.6) is 0 Å². The molecule has 4 nitrogen and oxygen atoms in total. The van der Waals surface area contributed by atoms with Crippen molar-refractivity contribution in [2.75, 3.05) is 45.4 Å². The fraction of sp³-hybridized carbons (Fsp3) is 0.647. The Morgan fingerprint density at radius 2 is 1.86 bits per heavy atom. The molecule has 4 heteroatoms. The first-order chi connectivity index (χ1) is 10.1. The SMILES string of the molecule is COCCCN(CCOC)c1ccc(CC(C)N)cc1C. The summed E-state index contributed by atoms with van der Waals surface area (Å²) in [5.74, 6) is 0. The number of ether oxygens (including phenoxy) is 2. The van der Waals surface area contributed by atoms with Gasteiger partial charge in [0.2, 0.25) is 0 Å². The second kappa shape index (κ2) is 9.77. The van der Waals surface area contributed by atoms with Crippen molar-refractivity contribution in [3.63, 3.8) is 0 Å². The van der Waals surface area contributed by atoms with Crippen LogP contribution in [-0.4, -0.2) is 46.6 Å². The highest BCUT2D eigenvalue weighted by atomic mass is 16.5. The normalized spacial score (nSPS) is 12.4. The highest BCUT2D eigenvalue weighted by Gasteiger charge is 2.10. The standard InChI is InChI=1S/C17H30N2O2/c1-14-12-16(13-15(2)18)6-7-17(14)19(9-11-21-4)8-5-10-20-3/h6-7,12,15H,5,8-11,13,18H2,1-4H3. The second-order valence-corrected chi connectivity index (χ2v) is 5.63.